The van der Waals surface area contributed by atoms with E-state index in [1.165, 1.54) is 30.1 Å². The first-order valence-corrected chi connectivity index (χ1v) is 7.14. The largest absolute Gasteiger partial charge is 0.340 e. The third-order valence-electron chi connectivity index (χ3n) is 2.23. The summed E-state index contributed by atoms with van der Waals surface area (Å²) in [5.74, 6) is -0.840. The second-order valence-electron chi connectivity index (χ2n) is 3.90. The molecule has 1 N–H and O–H groups in total. The summed E-state index contributed by atoms with van der Waals surface area (Å²) in [5.41, 5.74) is 0.233. The lowest BCUT2D eigenvalue weighted by Crippen LogP contribution is -2.35. The van der Waals surface area contributed by atoms with Gasteiger partial charge in [-0.25, -0.2) is 17.5 Å². The van der Waals surface area contributed by atoms with Crippen LogP contribution in [-0.4, -0.2) is 45.6 Å². The average Bonchev–Trinajstić information content (AvgIpc) is 2.26. The van der Waals surface area contributed by atoms with Crippen molar-refractivity contribution < 1.29 is 17.6 Å². The maximum Gasteiger partial charge on any atom is 0.253 e. The van der Waals surface area contributed by atoms with Gasteiger partial charge < -0.3 is 4.90 Å². The van der Waals surface area contributed by atoms with Crippen LogP contribution in [0.5, 0.6) is 0 Å². The van der Waals surface area contributed by atoms with E-state index in [1.54, 1.807) is 0 Å². The van der Waals surface area contributed by atoms with Gasteiger partial charge in [-0.1, -0.05) is 6.07 Å². The van der Waals surface area contributed by atoms with Gasteiger partial charge in [0.05, 0.1) is 6.26 Å². The third-order valence-corrected chi connectivity index (χ3v) is 2.96. The van der Waals surface area contributed by atoms with E-state index < -0.39 is 15.8 Å². The van der Waals surface area contributed by atoms with Crippen LogP contribution < -0.4 is 4.72 Å². The molecule has 7 heteroatoms. The molecule has 1 rings (SSSR count). The molecule has 0 bridgehead atoms. The van der Waals surface area contributed by atoms with Crippen LogP contribution in [0.2, 0.25) is 0 Å². The Balaban J connectivity index is 2.57. The molecule has 1 amide bonds. The van der Waals surface area contributed by atoms with Gasteiger partial charge in [0, 0.05) is 25.7 Å². The first-order valence-electron chi connectivity index (χ1n) is 5.25. The molecule has 1 aromatic rings. The average molecular weight is 274 g/mol. The van der Waals surface area contributed by atoms with Crippen molar-refractivity contribution in [2.75, 3.05) is 26.4 Å². The van der Waals surface area contributed by atoms with E-state index in [0.717, 1.165) is 12.3 Å². The van der Waals surface area contributed by atoms with E-state index >= 15 is 0 Å². The lowest BCUT2D eigenvalue weighted by molar-refractivity contribution is 0.0797. The summed E-state index contributed by atoms with van der Waals surface area (Å²) >= 11 is 0. The van der Waals surface area contributed by atoms with Crippen molar-refractivity contribution in [3.05, 3.63) is 35.6 Å². The molecule has 18 heavy (non-hydrogen) atoms. The van der Waals surface area contributed by atoms with E-state index in [4.69, 9.17) is 0 Å². The number of hydrogen-bond donors (Lipinski definition) is 1. The second-order valence-corrected chi connectivity index (χ2v) is 5.74. The molecule has 0 aliphatic heterocycles. The number of halogens is 1. The SMILES string of the molecule is CN(CCNS(C)(=O)=O)C(=O)c1cccc(F)c1. The monoisotopic (exact) mass is 274 g/mol. The molecule has 0 spiro atoms. The van der Waals surface area contributed by atoms with Gasteiger partial charge in [-0.2, -0.15) is 0 Å². The molecular weight excluding hydrogens is 259 g/mol. The predicted octanol–water partition coefficient (Wildman–Crippen LogP) is 0.447. The van der Waals surface area contributed by atoms with Crippen LogP contribution in [0, 0.1) is 5.82 Å². The van der Waals surface area contributed by atoms with Gasteiger partial charge >= 0.3 is 0 Å². The number of benzene rings is 1. The Kier molecular flexibility index (Phi) is 4.80. The van der Waals surface area contributed by atoms with Crippen LogP contribution in [0.25, 0.3) is 0 Å². The van der Waals surface area contributed by atoms with Crippen LogP contribution in [0.1, 0.15) is 10.4 Å². The Bertz CT molecular complexity index is 531. The minimum Gasteiger partial charge on any atom is -0.340 e. The van der Waals surface area contributed by atoms with Crippen LogP contribution in [-0.2, 0) is 10.0 Å². The summed E-state index contributed by atoms with van der Waals surface area (Å²) in [6, 6.07) is 5.35. The summed E-state index contributed by atoms with van der Waals surface area (Å²) in [6.07, 6.45) is 1.04. The minimum atomic E-state index is -3.26. The standard InChI is InChI=1S/C11H15FN2O3S/c1-14(7-6-13-18(2,16)17)11(15)9-4-3-5-10(12)8-9/h3-5,8,13H,6-7H2,1-2H3. The number of rotatable bonds is 5. The highest BCUT2D eigenvalue weighted by atomic mass is 32.2. The molecule has 0 saturated heterocycles. The summed E-state index contributed by atoms with van der Waals surface area (Å²) in [7, 11) is -1.74. The number of carbonyl (C=O) groups excluding carboxylic acids is 1. The van der Waals surface area contributed by atoms with Gasteiger partial charge in [-0.3, -0.25) is 4.79 Å². The number of hydrogen-bond acceptors (Lipinski definition) is 3. The lowest BCUT2D eigenvalue weighted by Gasteiger charge is -2.17. The molecule has 0 radical (unpaired) electrons. The smallest absolute Gasteiger partial charge is 0.253 e. The van der Waals surface area contributed by atoms with Crippen molar-refractivity contribution in [2.24, 2.45) is 0 Å². The van der Waals surface area contributed by atoms with E-state index in [-0.39, 0.29) is 24.6 Å². The highest BCUT2D eigenvalue weighted by molar-refractivity contribution is 7.88. The number of likely N-dealkylation sites (N-methyl/N-ethyl adjacent to an activating group) is 1. The molecule has 0 atom stereocenters. The maximum absolute atomic E-state index is 12.9. The van der Waals surface area contributed by atoms with Crippen molar-refractivity contribution in [3.63, 3.8) is 0 Å². The second kappa shape index (κ2) is 5.92. The van der Waals surface area contributed by atoms with Crippen LogP contribution in [0.15, 0.2) is 24.3 Å². The molecule has 1 aromatic carbocycles. The molecule has 5 nitrogen and oxygen atoms in total. The van der Waals surface area contributed by atoms with E-state index in [1.807, 2.05) is 0 Å². The van der Waals surface area contributed by atoms with Crippen molar-refractivity contribution in [3.8, 4) is 0 Å². The number of nitrogens with zero attached hydrogens (tertiary/aromatic N) is 1. The normalized spacial score (nSPS) is 11.3. The third kappa shape index (κ3) is 4.80. The Morgan fingerprint density at radius 2 is 2.11 bits per heavy atom. The highest BCUT2D eigenvalue weighted by Gasteiger charge is 2.12. The van der Waals surface area contributed by atoms with Gasteiger partial charge in [0.1, 0.15) is 5.82 Å². The number of sulfonamides is 1. The van der Waals surface area contributed by atoms with Crippen LogP contribution in [0.3, 0.4) is 0 Å². The van der Waals surface area contributed by atoms with Gasteiger partial charge in [-0.15, -0.1) is 0 Å². The summed E-state index contributed by atoms with van der Waals surface area (Å²) in [6.45, 7) is 0.332. The number of amides is 1. The molecular formula is C11H15FN2O3S. The van der Waals surface area contributed by atoms with Crippen molar-refractivity contribution in [2.45, 2.75) is 0 Å². The number of carbonyl (C=O) groups is 1. The lowest BCUT2D eigenvalue weighted by atomic mass is 10.2. The van der Waals surface area contributed by atoms with E-state index in [9.17, 15) is 17.6 Å². The summed E-state index contributed by atoms with van der Waals surface area (Å²) in [4.78, 5) is 13.2. The maximum atomic E-state index is 12.9. The summed E-state index contributed by atoms with van der Waals surface area (Å²) < 4.78 is 36.9. The van der Waals surface area contributed by atoms with Crippen LogP contribution >= 0.6 is 0 Å². The van der Waals surface area contributed by atoms with Crippen molar-refractivity contribution in [1.82, 2.24) is 9.62 Å². The Labute approximate surface area is 106 Å². The van der Waals surface area contributed by atoms with Crippen molar-refractivity contribution >= 4 is 15.9 Å². The van der Waals surface area contributed by atoms with E-state index in [0.29, 0.717) is 0 Å². The molecule has 0 aliphatic rings. The van der Waals surface area contributed by atoms with E-state index in [2.05, 4.69) is 4.72 Å². The first kappa shape index (κ1) is 14.6. The molecule has 0 unspecified atom stereocenters. The molecule has 0 fully saturated rings. The molecule has 0 aromatic heterocycles. The quantitative estimate of drug-likeness (QED) is 0.847. The fourth-order valence-electron chi connectivity index (χ4n) is 1.34. The van der Waals surface area contributed by atoms with Gasteiger partial charge in [0.25, 0.3) is 5.91 Å². The highest BCUT2D eigenvalue weighted by Crippen LogP contribution is 2.06. The van der Waals surface area contributed by atoms with Crippen LogP contribution in [0.4, 0.5) is 4.39 Å². The Morgan fingerprint density at radius 1 is 1.44 bits per heavy atom. The van der Waals surface area contributed by atoms with Gasteiger partial charge in [0.2, 0.25) is 10.0 Å². The minimum absolute atomic E-state index is 0.121. The zero-order valence-corrected chi connectivity index (χ0v) is 11.0. The topological polar surface area (TPSA) is 66.5 Å². The predicted molar refractivity (Wildman–Crippen MR) is 66.2 cm³/mol. The zero-order valence-electron chi connectivity index (χ0n) is 10.2. The van der Waals surface area contributed by atoms with Gasteiger partial charge in [0.15, 0.2) is 0 Å². The fraction of sp³-hybridized carbons (Fsp3) is 0.364. The van der Waals surface area contributed by atoms with Gasteiger partial charge in [-0.05, 0) is 18.2 Å². The fourth-order valence-corrected chi connectivity index (χ4v) is 1.80. The number of nitrogens with one attached hydrogen (secondary N) is 1. The zero-order chi connectivity index (χ0) is 13.8. The van der Waals surface area contributed by atoms with Crippen molar-refractivity contribution in [1.29, 1.82) is 0 Å². The Hall–Kier alpha value is -1.47. The molecule has 0 heterocycles. The Morgan fingerprint density at radius 3 is 2.67 bits per heavy atom. The molecule has 100 valence electrons. The summed E-state index contributed by atoms with van der Waals surface area (Å²) in [5, 5.41) is 0. The first-order chi connectivity index (χ1) is 8.29. The molecule has 0 saturated carbocycles. The molecule has 0 aliphatic carbocycles.